The maximum Gasteiger partial charge on any atom is 0.225 e. The van der Waals surface area contributed by atoms with Gasteiger partial charge in [0.25, 0.3) is 0 Å². The van der Waals surface area contributed by atoms with Crippen LogP contribution in [0.1, 0.15) is 22.9 Å². The molecule has 0 aliphatic carbocycles. The number of hydrogen-bond acceptors (Lipinski definition) is 3. The van der Waals surface area contributed by atoms with Gasteiger partial charge in [-0.15, -0.1) is 11.3 Å². The summed E-state index contributed by atoms with van der Waals surface area (Å²) < 4.78 is 26.7. The minimum atomic E-state index is -0.855. The Morgan fingerprint density at radius 1 is 1.35 bits per heavy atom. The molecular weight excluding hydrogens is 318 g/mol. The van der Waals surface area contributed by atoms with Crippen molar-refractivity contribution in [3.05, 3.63) is 57.8 Å². The van der Waals surface area contributed by atoms with Gasteiger partial charge in [-0.25, -0.2) is 8.78 Å². The summed E-state index contributed by atoms with van der Waals surface area (Å²) in [6.45, 7) is 0.799. The molecule has 1 aliphatic heterocycles. The van der Waals surface area contributed by atoms with E-state index in [4.69, 9.17) is 0 Å². The third-order valence-corrected chi connectivity index (χ3v) is 5.07. The van der Waals surface area contributed by atoms with E-state index in [0.717, 1.165) is 23.9 Å². The number of benzene rings is 1. The predicted octanol–water partition coefficient (Wildman–Crippen LogP) is 3.13. The van der Waals surface area contributed by atoms with Gasteiger partial charge < -0.3 is 5.32 Å². The molecule has 2 atom stereocenters. The molecule has 3 nitrogen and oxygen atoms in total. The first-order valence-electron chi connectivity index (χ1n) is 7.51. The highest BCUT2D eigenvalue weighted by Crippen LogP contribution is 2.31. The maximum absolute atomic E-state index is 13.5. The van der Waals surface area contributed by atoms with E-state index in [0.29, 0.717) is 12.0 Å². The van der Waals surface area contributed by atoms with Crippen LogP contribution in [0.3, 0.4) is 0 Å². The van der Waals surface area contributed by atoms with Crippen LogP contribution >= 0.6 is 11.3 Å². The second-order valence-corrected chi connectivity index (χ2v) is 6.85. The summed E-state index contributed by atoms with van der Waals surface area (Å²) in [5, 5.41) is 4.98. The van der Waals surface area contributed by atoms with Crippen LogP contribution in [0.25, 0.3) is 0 Å². The number of likely N-dealkylation sites (tertiary alicyclic amines) is 1. The molecule has 2 heterocycles. The third-order valence-electron chi connectivity index (χ3n) is 4.20. The van der Waals surface area contributed by atoms with Crippen LogP contribution in [0.15, 0.2) is 35.7 Å². The summed E-state index contributed by atoms with van der Waals surface area (Å²) in [4.78, 5) is 15.3. The van der Waals surface area contributed by atoms with Gasteiger partial charge >= 0.3 is 0 Å². The number of nitrogens with one attached hydrogen (secondary N) is 1. The summed E-state index contributed by atoms with van der Waals surface area (Å²) >= 11 is 1.55. The average Bonchev–Trinajstić information content (AvgIpc) is 3.12. The molecule has 1 N–H and O–H groups in total. The Morgan fingerprint density at radius 3 is 2.87 bits per heavy atom. The lowest BCUT2D eigenvalue weighted by molar-refractivity contribution is -0.121. The molecule has 0 unspecified atom stereocenters. The molecule has 6 heteroatoms. The summed E-state index contributed by atoms with van der Waals surface area (Å²) in [6.07, 6.45) is 1.14. The Kier molecular flexibility index (Phi) is 4.73. The Morgan fingerprint density at radius 2 is 2.17 bits per heavy atom. The van der Waals surface area contributed by atoms with Crippen LogP contribution in [0.2, 0.25) is 0 Å². The van der Waals surface area contributed by atoms with Crippen molar-refractivity contribution in [2.75, 3.05) is 13.6 Å². The van der Waals surface area contributed by atoms with Gasteiger partial charge in [-0.2, -0.15) is 0 Å². The van der Waals surface area contributed by atoms with Crippen LogP contribution in [-0.4, -0.2) is 30.4 Å². The first-order chi connectivity index (χ1) is 11.0. The molecule has 1 aromatic heterocycles. The second-order valence-electron chi connectivity index (χ2n) is 5.82. The summed E-state index contributed by atoms with van der Waals surface area (Å²) in [5.41, 5.74) is 0.685. The van der Waals surface area contributed by atoms with Crippen LogP contribution in [0, 0.1) is 11.6 Å². The number of nitrogens with zero attached hydrogens (tertiary/aromatic N) is 1. The molecule has 1 amide bonds. The third kappa shape index (κ3) is 3.59. The molecule has 0 spiro atoms. The highest BCUT2D eigenvalue weighted by Gasteiger charge is 2.34. The molecule has 23 heavy (non-hydrogen) atoms. The average molecular weight is 336 g/mol. The zero-order chi connectivity index (χ0) is 16.4. The lowest BCUT2D eigenvalue weighted by Gasteiger charge is -2.26. The van der Waals surface area contributed by atoms with E-state index in [2.05, 4.69) is 10.2 Å². The first kappa shape index (κ1) is 16.1. The Labute approximate surface area is 137 Å². The van der Waals surface area contributed by atoms with E-state index in [1.165, 1.54) is 6.07 Å². The molecule has 1 saturated heterocycles. The highest BCUT2D eigenvalue weighted by molar-refractivity contribution is 7.10. The fourth-order valence-electron chi connectivity index (χ4n) is 3.11. The quantitative estimate of drug-likeness (QED) is 0.930. The minimum Gasteiger partial charge on any atom is -0.351 e. The monoisotopic (exact) mass is 336 g/mol. The lowest BCUT2D eigenvalue weighted by atomic mass is 9.99. The van der Waals surface area contributed by atoms with Crippen LogP contribution in [-0.2, 0) is 11.2 Å². The molecule has 122 valence electrons. The van der Waals surface area contributed by atoms with Crippen LogP contribution in [0.4, 0.5) is 8.78 Å². The number of halogens is 2. The van der Waals surface area contributed by atoms with E-state index in [1.807, 2.05) is 24.6 Å². The van der Waals surface area contributed by atoms with Gasteiger partial charge in [0.05, 0.1) is 12.5 Å². The number of thiophene rings is 1. The molecule has 3 rings (SSSR count). The first-order valence-corrected chi connectivity index (χ1v) is 8.39. The van der Waals surface area contributed by atoms with E-state index < -0.39 is 11.6 Å². The van der Waals surface area contributed by atoms with Gasteiger partial charge in [0.15, 0.2) is 11.6 Å². The number of hydrogen-bond donors (Lipinski definition) is 1. The summed E-state index contributed by atoms with van der Waals surface area (Å²) in [7, 11) is 1.93. The lowest BCUT2D eigenvalue weighted by Crippen LogP contribution is -2.39. The Balaban J connectivity index is 1.73. The van der Waals surface area contributed by atoms with Crippen molar-refractivity contribution in [3.8, 4) is 0 Å². The Hall–Kier alpha value is -1.79. The van der Waals surface area contributed by atoms with Gasteiger partial charge in [0, 0.05) is 17.5 Å². The van der Waals surface area contributed by atoms with Crippen molar-refractivity contribution in [1.82, 2.24) is 10.2 Å². The van der Waals surface area contributed by atoms with Crippen molar-refractivity contribution in [2.45, 2.75) is 24.9 Å². The molecule has 0 saturated carbocycles. The van der Waals surface area contributed by atoms with E-state index >= 15 is 0 Å². The minimum absolute atomic E-state index is 0.0414. The molecular formula is C17H18F2N2OS. The SMILES string of the molecule is CN1CC[C@H](NC(=O)Cc2cccs2)[C@@H]1c1ccc(F)c(F)c1. The van der Waals surface area contributed by atoms with Crippen molar-refractivity contribution in [3.63, 3.8) is 0 Å². The van der Waals surface area contributed by atoms with Gasteiger partial charge in [-0.05, 0) is 42.6 Å². The largest absolute Gasteiger partial charge is 0.351 e. The molecule has 0 radical (unpaired) electrons. The van der Waals surface area contributed by atoms with Gasteiger partial charge in [-0.3, -0.25) is 9.69 Å². The standard InChI is InChI=1S/C17H18F2N2OS/c1-21-7-6-15(20-16(22)10-12-3-2-8-23-12)17(21)11-4-5-13(18)14(19)9-11/h2-5,8-9,15,17H,6-7,10H2,1H3,(H,20,22)/t15-,17-/m0/s1. The number of carbonyl (C=O) groups excluding carboxylic acids is 1. The van der Waals surface area contributed by atoms with E-state index in [-0.39, 0.29) is 18.0 Å². The zero-order valence-electron chi connectivity index (χ0n) is 12.8. The number of amides is 1. The fraction of sp³-hybridized carbons (Fsp3) is 0.353. The van der Waals surface area contributed by atoms with Crippen molar-refractivity contribution < 1.29 is 13.6 Å². The number of likely N-dealkylation sites (N-methyl/N-ethyl adjacent to an activating group) is 1. The topological polar surface area (TPSA) is 32.3 Å². The molecule has 2 aromatic rings. The van der Waals surface area contributed by atoms with Gasteiger partial charge in [0.2, 0.25) is 5.91 Å². The molecule has 0 bridgehead atoms. The van der Waals surface area contributed by atoms with Crippen molar-refractivity contribution in [2.24, 2.45) is 0 Å². The molecule has 1 aromatic carbocycles. The normalized spacial score (nSPS) is 21.5. The molecule has 1 aliphatic rings. The van der Waals surface area contributed by atoms with Crippen LogP contribution < -0.4 is 5.32 Å². The van der Waals surface area contributed by atoms with E-state index in [9.17, 15) is 13.6 Å². The highest BCUT2D eigenvalue weighted by atomic mass is 32.1. The summed E-state index contributed by atoms with van der Waals surface area (Å²) in [5.74, 6) is -1.75. The van der Waals surface area contributed by atoms with Crippen molar-refractivity contribution >= 4 is 17.2 Å². The number of rotatable bonds is 4. The zero-order valence-corrected chi connectivity index (χ0v) is 13.6. The van der Waals surface area contributed by atoms with Crippen molar-refractivity contribution in [1.29, 1.82) is 0 Å². The smallest absolute Gasteiger partial charge is 0.225 e. The second kappa shape index (κ2) is 6.76. The van der Waals surface area contributed by atoms with Crippen LogP contribution in [0.5, 0.6) is 0 Å². The molecule has 1 fully saturated rings. The summed E-state index contributed by atoms with van der Waals surface area (Å²) in [6, 6.07) is 7.55. The van der Waals surface area contributed by atoms with Gasteiger partial charge in [0.1, 0.15) is 0 Å². The van der Waals surface area contributed by atoms with Gasteiger partial charge in [-0.1, -0.05) is 12.1 Å². The fourth-order valence-corrected chi connectivity index (χ4v) is 3.81. The van der Waals surface area contributed by atoms with E-state index in [1.54, 1.807) is 17.4 Å². The number of carbonyl (C=O) groups is 1. The Bertz CT molecular complexity index is 690. The maximum atomic E-state index is 13.5. The predicted molar refractivity (Wildman–Crippen MR) is 86.3 cm³/mol.